The number of nitrogens with zero attached hydrogens (tertiary/aromatic N) is 3. The average Bonchev–Trinajstić information content (AvgIpc) is 2.85. The van der Waals surface area contributed by atoms with Crippen molar-refractivity contribution in [3.05, 3.63) is 29.2 Å². The van der Waals surface area contributed by atoms with Crippen molar-refractivity contribution in [1.29, 1.82) is 0 Å². The van der Waals surface area contributed by atoms with E-state index in [0.717, 1.165) is 16.9 Å². The quantitative estimate of drug-likeness (QED) is 0.665. The third-order valence-electron chi connectivity index (χ3n) is 3.80. The molecule has 1 saturated heterocycles. The molecule has 2 aromatic rings. The second-order valence-electron chi connectivity index (χ2n) is 5.46. The second kappa shape index (κ2) is 5.88. The maximum absolute atomic E-state index is 9.85. The van der Waals surface area contributed by atoms with Gasteiger partial charge in [0.1, 0.15) is 12.1 Å². The zero-order valence-electron chi connectivity index (χ0n) is 12.2. The Bertz CT molecular complexity index is 690. The van der Waals surface area contributed by atoms with Crippen molar-refractivity contribution in [1.82, 2.24) is 14.1 Å². The van der Waals surface area contributed by atoms with Gasteiger partial charge in [-0.25, -0.2) is 9.71 Å². The van der Waals surface area contributed by atoms with E-state index in [9.17, 15) is 9.11 Å². The summed E-state index contributed by atoms with van der Waals surface area (Å²) in [5, 5.41) is 0.603. The van der Waals surface area contributed by atoms with E-state index in [0.29, 0.717) is 24.7 Å². The number of halogens is 1. The Balaban J connectivity index is 2.10. The molecule has 9 heteroatoms. The van der Waals surface area contributed by atoms with Crippen LogP contribution in [-0.2, 0) is 0 Å². The third-order valence-corrected chi connectivity index (χ3v) is 5.52. The van der Waals surface area contributed by atoms with Crippen LogP contribution in [0, 0.1) is 0 Å². The number of nitrogens with two attached hydrogens (primary N) is 1. The van der Waals surface area contributed by atoms with E-state index in [1.807, 2.05) is 17.4 Å². The van der Waals surface area contributed by atoms with Crippen molar-refractivity contribution in [2.75, 3.05) is 30.3 Å². The van der Waals surface area contributed by atoms with Gasteiger partial charge in [-0.1, -0.05) is 11.6 Å². The predicted octanol–water partition coefficient (Wildman–Crippen LogP) is 2.08. The smallest absolute Gasteiger partial charge is 0.119 e. The molecule has 22 heavy (non-hydrogen) atoms. The molecular weight excluding hydrogens is 326 g/mol. The van der Waals surface area contributed by atoms with E-state index >= 15 is 0 Å². The number of nitrogens with one attached hydrogen (secondary N) is 1. The molecule has 122 valence electrons. The molecule has 1 fully saturated rings. The summed E-state index contributed by atoms with van der Waals surface area (Å²) >= 11 is 6.31. The van der Waals surface area contributed by atoms with Crippen molar-refractivity contribution in [3.63, 3.8) is 0 Å². The molecule has 1 aliphatic rings. The van der Waals surface area contributed by atoms with E-state index in [1.54, 1.807) is 12.5 Å². The van der Waals surface area contributed by atoms with Crippen LogP contribution in [0.15, 0.2) is 18.6 Å². The summed E-state index contributed by atoms with van der Waals surface area (Å²) < 4.78 is 24.4. The average molecular weight is 346 g/mol. The first-order chi connectivity index (χ1) is 10.4. The van der Waals surface area contributed by atoms with Crippen LogP contribution in [0.1, 0.15) is 18.5 Å². The zero-order chi connectivity index (χ0) is 15.9. The summed E-state index contributed by atoms with van der Waals surface area (Å²) in [5.74, 6) is 1.18. The van der Waals surface area contributed by atoms with Crippen molar-refractivity contribution in [2.45, 2.75) is 13.0 Å². The van der Waals surface area contributed by atoms with Crippen LogP contribution in [0.3, 0.4) is 0 Å². The number of rotatable bonds is 2. The van der Waals surface area contributed by atoms with Crippen molar-refractivity contribution in [3.8, 4) is 0 Å². The standard InChI is InChI=1S/C13H20ClN5O2S/c1-9(15)10-6-11(14)12-7-16-8-19(12)13(10)18-3-2-17-22(20,21)5-4-18/h6-9,17,20-21H,2-5,15H2,1H3. The van der Waals surface area contributed by atoms with Crippen LogP contribution in [0.5, 0.6) is 0 Å². The number of hydrogen-bond donors (Lipinski definition) is 4. The lowest BCUT2D eigenvalue weighted by atomic mass is 10.1. The fourth-order valence-electron chi connectivity index (χ4n) is 2.70. The molecular formula is C13H20ClN5O2S. The topological polar surface area (TPSA) is 99.0 Å². The van der Waals surface area contributed by atoms with E-state index in [-0.39, 0.29) is 11.8 Å². The number of hydrogen-bond acceptors (Lipinski definition) is 6. The van der Waals surface area contributed by atoms with Gasteiger partial charge in [0.15, 0.2) is 0 Å². The van der Waals surface area contributed by atoms with Gasteiger partial charge in [-0.3, -0.25) is 13.5 Å². The normalized spacial score (nSPS) is 21.6. The molecule has 7 nitrogen and oxygen atoms in total. The summed E-state index contributed by atoms with van der Waals surface area (Å²) in [5.41, 5.74) is 7.84. The minimum Gasteiger partial charge on any atom is -0.354 e. The summed E-state index contributed by atoms with van der Waals surface area (Å²) in [6.07, 6.45) is 3.42. The Kier molecular flexibility index (Phi) is 4.23. The molecule has 3 rings (SSSR count). The molecule has 0 saturated carbocycles. The minimum absolute atomic E-state index is 0.198. The molecule has 1 aliphatic heterocycles. The Morgan fingerprint density at radius 2 is 2.23 bits per heavy atom. The van der Waals surface area contributed by atoms with Gasteiger partial charge in [-0.15, -0.1) is 10.8 Å². The van der Waals surface area contributed by atoms with Crippen LogP contribution >= 0.6 is 22.4 Å². The molecule has 0 aliphatic carbocycles. The first-order valence-corrected chi connectivity index (χ1v) is 9.14. The molecule has 5 N–H and O–H groups in total. The van der Waals surface area contributed by atoms with Gasteiger partial charge in [0.2, 0.25) is 0 Å². The van der Waals surface area contributed by atoms with Gasteiger partial charge in [-0.05, 0) is 13.0 Å². The highest BCUT2D eigenvalue weighted by Gasteiger charge is 2.24. The van der Waals surface area contributed by atoms with Gasteiger partial charge in [-0.2, -0.15) is 0 Å². The fourth-order valence-corrected chi connectivity index (χ4v) is 4.00. The van der Waals surface area contributed by atoms with E-state index < -0.39 is 10.8 Å². The first kappa shape index (κ1) is 15.9. The molecule has 0 amide bonds. The SMILES string of the molecule is CC(N)c1cc(Cl)c2cncn2c1N1CCNS(O)(O)CC1. The highest BCUT2D eigenvalue weighted by Crippen LogP contribution is 2.37. The number of imidazole rings is 1. The summed E-state index contributed by atoms with van der Waals surface area (Å²) in [4.78, 5) is 6.27. The van der Waals surface area contributed by atoms with Crippen LogP contribution in [0.25, 0.3) is 5.52 Å². The van der Waals surface area contributed by atoms with Crippen molar-refractivity contribution in [2.24, 2.45) is 5.73 Å². The Morgan fingerprint density at radius 1 is 1.45 bits per heavy atom. The van der Waals surface area contributed by atoms with Crippen molar-refractivity contribution < 1.29 is 9.11 Å². The van der Waals surface area contributed by atoms with Gasteiger partial charge >= 0.3 is 0 Å². The number of fused-ring (bicyclic) bond motifs is 1. The predicted molar refractivity (Wildman–Crippen MR) is 90.7 cm³/mol. The van der Waals surface area contributed by atoms with E-state index in [2.05, 4.69) is 14.6 Å². The Hall–Kier alpha value is -1.03. The van der Waals surface area contributed by atoms with Gasteiger partial charge in [0.25, 0.3) is 0 Å². The molecule has 0 radical (unpaired) electrons. The minimum atomic E-state index is -2.72. The molecule has 2 aromatic heterocycles. The summed E-state index contributed by atoms with van der Waals surface area (Å²) in [6.45, 7) is 3.55. The summed E-state index contributed by atoms with van der Waals surface area (Å²) in [6, 6.07) is 1.67. The monoisotopic (exact) mass is 345 g/mol. The van der Waals surface area contributed by atoms with Gasteiger partial charge in [0, 0.05) is 31.2 Å². The lowest BCUT2D eigenvalue weighted by molar-refractivity contribution is 0.475. The summed E-state index contributed by atoms with van der Waals surface area (Å²) in [7, 11) is -2.72. The third kappa shape index (κ3) is 2.90. The molecule has 1 atom stereocenters. The number of aromatic nitrogens is 2. The molecule has 1 unspecified atom stereocenters. The highest BCUT2D eigenvalue weighted by molar-refractivity contribution is 8.22. The van der Waals surface area contributed by atoms with Crippen molar-refractivity contribution >= 4 is 33.7 Å². The van der Waals surface area contributed by atoms with Crippen LogP contribution in [0.4, 0.5) is 5.82 Å². The lowest BCUT2D eigenvalue weighted by Gasteiger charge is -2.31. The first-order valence-electron chi connectivity index (χ1n) is 7.04. The Labute approximate surface area is 135 Å². The van der Waals surface area contributed by atoms with Crippen LogP contribution in [-0.4, -0.2) is 43.9 Å². The van der Waals surface area contributed by atoms with Gasteiger partial charge in [0.05, 0.1) is 22.5 Å². The molecule has 0 spiro atoms. The second-order valence-corrected chi connectivity index (χ2v) is 7.90. The van der Waals surface area contributed by atoms with E-state index in [4.69, 9.17) is 17.3 Å². The molecule has 0 bridgehead atoms. The lowest BCUT2D eigenvalue weighted by Crippen LogP contribution is -2.32. The van der Waals surface area contributed by atoms with Gasteiger partial charge < -0.3 is 10.6 Å². The van der Waals surface area contributed by atoms with Crippen LogP contribution < -0.4 is 15.4 Å². The fraction of sp³-hybridized carbons (Fsp3) is 0.462. The van der Waals surface area contributed by atoms with E-state index in [1.165, 1.54) is 0 Å². The highest BCUT2D eigenvalue weighted by atomic mass is 35.5. The molecule has 3 heterocycles. The number of anilines is 1. The van der Waals surface area contributed by atoms with Crippen LogP contribution in [0.2, 0.25) is 5.02 Å². The molecule has 0 aromatic carbocycles. The Morgan fingerprint density at radius 3 is 2.95 bits per heavy atom. The number of pyridine rings is 1. The largest absolute Gasteiger partial charge is 0.354 e. The maximum Gasteiger partial charge on any atom is 0.119 e. The maximum atomic E-state index is 9.85. The zero-order valence-corrected chi connectivity index (χ0v) is 13.8.